The minimum absolute atomic E-state index is 0.0271. The van der Waals surface area contributed by atoms with Gasteiger partial charge in [-0.1, -0.05) is 55.3 Å². The predicted octanol–water partition coefficient (Wildman–Crippen LogP) is 5.44. The lowest BCUT2D eigenvalue weighted by molar-refractivity contribution is -0.150. The molecule has 1 saturated carbocycles. The molecule has 0 bridgehead atoms. The van der Waals surface area contributed by atoms with Crippen LogP contribution in [0, 0.1) is 5.92 Å². The Labute approximate surface area is 192 Å². The molecule has 1 saturated heterocycles. The minimum Gasteiger partial charge on any atom is -0.389 e. The van der Waals surface area contributed by atoms with Crippen molar-refractivity contribution >= 4 is 17.7 Å². The molecule has 4 nitrogen and oxygen atoms in total. The summed E-state index contributed by atoms with van der Waals surface area (Å²) in [7, 11) is 0. The third-order valence-electron chi connectivity index (χ3n) is 7.43. The molecule has 0 radical (unpaired) electrons. The molecule has 2 aliphatic rings. The predicted molar refractivity (Wildman–Crippen MR) is 131 cm³/mol. The van der Waals surface area contributed by atoms with Crippen molar-refractivity contribution in [2.75, 3.05) is 24.5 Å². The van der Waals surface area contributed by atoms with Crippen molar-refractivity contribution < 1.29 is 9.90 Å². The molecule has 32 heavy (non-hydrogen) atoms. The van der Waals surface area contributed by atoms with Crippen molar-refractivity contribution in [2.45, 2.75) is 57.6 Å². The van der Waals surface area contributed by atoms with E-state index >= 15 is 0 Å². The SMILES string of the molecule is CCN(CC)c1ccc([C@H]2C3CCCCC3(O)CCN2C(=O)/C=C/c2ccccc2)cc1. The Morgan fingerprint density at radius 1 is 1.06 bits per heavy atom. The fraction of sp³-hybridized carbons (Fsp3) is 0.464. The van der Waals surface area contributed by atoms with Crippen molar-refractivity contribution in [1.29, 1.82) is 0 Å². The van der Waals surface area contributed by atoms with E-state index in [1.54, 1.807) is 6.08 Å². The lowest BCUT2D eigenvalue weighted by Gasteiger charge is -2.52. The van der Waals surface area contributed by atoms with Gasteiger partial charge in [-0.05, 0) is 62.4 Å². The highest BCUT2D eigenvalue weighted by atomic mass is 16.3. The number of hydrogen-bond acceptors (Lipinski definition) is 3. The average Bonchev–Trinajstić information content (AvgIpc) is 2.83. The highest BCUT2D eigenvalue weighted by Crippen LogP contribution is 2.49. The third kappa shape index (κ3) is 4.61. The molecule has 2 aromatic carbocycles. The number of fused-ring (bicyclic) bond motifs is 1. The molecular formula is C28H36N2O2. The van der Waals surface area contributed by atoms with Gasteiger partial charge in [0.1, 0.15) is 0 Å². The molecule has 4 rings (SSSR count). The van der Waals surface area contributed by atoms with E-state index in [-0.39, 0.29) is 17.9 Å². The number of anilines is 1. The van der Waals surface area contributed by atoms with Crippen LogP contribution in [0.3, 0.4) is 0 Å². The first-order valence-electron chi connectivity index (χ1n) is 12.2. The van der Waals surface area contributed by atoms with Crippen molar-refractivity contribution in [3.8, 4) is 0 Å². The minimum atomic E-state index is -0.666. The number of likely N-dealkylation sites (tertiary alicyclic amines) is 1. The molecule has 0 aromatic heterocycles. The quantitative estimate of drug-likeness (QED) is 0.618. The Morgan fingerprint density at radius 3 is 2.47 bits per heavy atom. The summed E-state index contributed by atoms with van der Waals surface area (Å²) in [5, 5.41) is 11.5. The maximum absolute atomic E-state index is 13.4. The van der Waals surface area contributed by atoms with E-state index in [1.165, 1.54) is 5.69 Å². The van der Waals surface area contributed by atoms with Gasteiger partial charge in [0.15, 0.2) is 0 Å². The van der Waals surface area contributed by atoms with Crippen LogP contribution < -0.4 is 4.90 Å². The summed E-state index contributed by atoms with van der Waals surface area (Å²) in [4.78, 5) is 17.7. The molecule has 3 atom stereocenters. The number of aliphatic hydroxyl groups is 1. The molecular weight excluding hydrogens is 396 g/mol. The van der Waals surface area contributed by atoms with Gasteiger partial charge in [0.25, 0.3) is 0 Å². The summed E-state index contributed by atoms with van der Waals surface area (Å²) in [6.07, 6.45) is 8.24. The number of piperidine rings is 1. The molecule has 2 aromatic rings. The molecule has 2 fully saturated rings. The normalized spacial score (nSPS) is 25.5. The Bertz CT molecular complexity index is 920. The first-order chi connectivity index (χ1) is 15.6. The Morgan fingerprint density at radius 2 is 1.78 bits per heavy atom. The number of amides is 1. The summed E-state index contributed by atoms with van der Waals surface area (Å²) in [6, 6.07) is 18.5. The standard InChI is InChI=1S/C28H36N2O2/c1-3-29(4-2)24-16-14-23(15-17-24)27-25-12-8-9-19-28(25,32)20-21-30(27)26(31)18-13-22-10-6-5-7-11-22/h5-7,10-11,13-18,25,27,32H,3-4,8-9,12,19-21H2,1-2H3/b18-13+/t25?,27-,28?/m0/s1. The average molecular weight is 433 g/mol. The number of carbonyl (C=O) groups is 1. The molecule has 1 heterocycles. The van der Waals surface area contributed by atoms with Crippen LogP contribution in [0.1, 0.15) is 63.1 Å². The van der Waals surface area contributed by atoms with E-state index in [1.807, 2.05) is 41.3 Å². The summed E-state index contributed by atoms with van der Waals surface area (Å²) in [5.74, 6) is 0.109. The van der Waals surface area contributed by atoms with E-state index < -0.39 is 5.60 Å². The maximum atomic E-state index is 13.4. The van der Waals surface area contributed by atoms with E-state index in [9.17, 15) is 9.90 Å². The van der Waals surface area contributed by atoms with Crippen LogP contribution in [0.25, 0.3) is 6.08 Å². The topological polar surface area (TPSA) is 43.8 Å². The highest BCUT2D eigenvalue weighted by molar-refractivity contribution is 5.92. The summed E-state index contributed by atoms with van der Waals surface area (Å²) < 4.78 is 0. The van der Waals surface area contributed by atoms with Crippen molar-refractivity contribution in [3.05, 3.63) is 71.8 Å². The van der Waals surface area contributed by atoms with Gasteiger partial charge in [-0.25, -0.2) is 0 Å². The second-order valence-corrected chi connectivity index (χ2v) is 9.19. The number of rotatable bonds is 6. The van der Waals surface area contributed by atoms with Gasteiger partial charge in [0.05, 0.1) is 11.6 Å². The summed E-state index contributed by atoms with van der Waals surface area (Å²) in [6.45, 7) is 6.86. The molecule has 170 valence electrons. The van der Waals surface area contributed by atoms with Gasteiger partial charge in [-0.15, -0.1) is 0 Å². The lowest BCUT2D eigenvalue weighted by Crippen LogP contribution is -2.56. The molecule has 1 aliphatic carbocycles. The van der Waals surface area contributed by atoms with Crippen LogP contribution in [-0.4, -0.2) is 41.1 Å². The van der Waals surface area contributed by atoms with Crippen LogP contribution in [0.4, 0.5) is 5.69 Å². The van der Waals surface area contributed by atoms with Crippen LogP contribution >= 0.6 is 0 Å². The molecule has 1 N–H and O–H groups in total. The number of benzene rings is 2. The largest absolute Gasteiger partial charge is 0.389 e. The zero-order valence-electron chi connectivity index (χ0n) is 19.4. The van der Waals surface area contributed by atoms with E-state index in [0.29, 0.717) is 13.0 Å². The molecule has 1 aliphatic heterocycles. The van der Waals surface area contributed by atoms with Gasteiger partial charge >= 0.3 is 0 Å². The molecule has 1 amide bonds. The first kappa shape index (κ1) is 22.6. The van der Waals surface area contributed by atoms with Crippen molar-refractivity contribution in [3.63, 3.8) is 0 Å². The molecule has 2 unspecified atom stereocenters. The Balaban J connectivity index is 1.64. The maximum Gasteiger partial charge on any atom is 0.247 e. The zero-order chi connectivity index (χ0) is 22.6. The second-order valence-electron chi connectivity index (χ2n) is 9.19. The van der Waals surface area contributed by atoms with Crippen LogP contribution in [0.15, 0.2) is 60.7 Å². The summed E-state index contributed by atoms with van der Waals surface area (Å²) in [5.41, 5.74) is 2.69. The van der Waals surface area contributed by atoms with Gasteiger partial charge in [-0.2, -0.15) is 0 Å². The summed E-state index contributed by atoms with van der Waals surface area (Å²) >= 11 is 0. The second kappa shape index (κ2) is 9.91. The molecule has 4 heteroatoms. The Kier molecular flexibility index (Phi) is 7.00. The van der Waals surface area contributed by atoms with Crippen LogP contribution in [-0.2, 0) is 4.79 Å². The Hall–Kier alpha value is -2.59. The fourth-order valence-electron chi connectivity index (χ4n) is 5.64. The van der Waals surface area contributed by atoms with Gasteiger partial charge < -0.3 is 14.9 Å². The highest BCUT2D eigenvalue weighted by Gasteiger charge is 2.49. The van der Waals surface area contributed by atoms with Gasteiger partial charge in [0, 0.05) is 37.3 Å². The molecule has 0 spiro atoms. The number of hydrogen-bond donors (Lipinski definition) is 1. The van der Waals surface area contributed by atoms with Crippen molar-refractivity contribution in [1.82, 2.24) is 4.90 Å². The first-order valence-corrected chi connectivity index (χ1v) is 12.2. The number of nitrogens with zero attached hydrogens (tertiary/aromatic N) is 2. The van der Waals surface area contributed by atoms with E-state index in [2.05, 4.69) is 43.0 Å². The smallest absolute Gasteiger partial charge is 0.247 e. The fourth-order valence-corrected chi connectivity index (χ4v) is 5.64. The zero-order valence-corrected chi connectivity index (χ0v) is 19.4. The monoisotopic (exact) mass is 432 g/mol. The third-order valence-corrected chi connectivity index (χ3v) is 7.43. The van der Waals surface area contributed by atoms with Gasteiger partial charge in [0.2, 0.25) is 5.91 Å². The van der Waals surface area contributed by atoms with Gasteiger partial charge in [-0.3, -0.25) is 4.79 Å². The van der Waals surface area contributed by atoms with Crippen LogP contribution in [0.5, 0.6) is 0 Å². The van der Waals surface area contributed by atoms with Crippen LogP contribution in [0.2, 0.25) is 0 Å². The lowest BCUT2D eigenvalue weighted by atomic mass is 9.66. The van der Waals surface area contributed by atoms with E-state index in [4.69, 9.17) is 0 Å². The van der Waals surface area contributed by atoms with Crippen molar-refractivity contribution in [2.24, 2.45) is 5.92 Å². The van der Waals surface area contributed by atoms with E-state index in [0.717, 1.165) is 49.9 Å². The number of carbonyl (C=O) groups excluding carboxylic acids is 1.